The van der Waals surface area contributed by atoms with E-state index in [0.717, 1.165) is 16.9 Å². The number of nitrogens with one attached hydrogen (secondary N) is 1. The minimum atomic E-state index is -3.65. The Morgan fingerprint density at radius 2 is 1.87 bits per heavy atom. The Balaban J connectivity index is 1.78. The van der Waals surface area contributed by atoms with Crippen molar-refractivity contribution in [2.24, 2.45) is 0 Å². The Bertz CT molecular complexity index is 1210. The third-order valence-electron chi connectivity index (χ3n) is 4.82. The fourth-order valence-electron chi connectivity index (χ4n) is 3.21. The lowest BCUT2D eigenvalue weighted by atomic mass is 10.1. The molecule has 0 saturated carbocycles. The van der Waals surface area contributed by atoms with E-state index in [1.807, 2.05) is 6.92 Å². The number of carbonyl (C=O) groups is 2. The number of hydrogen-bond acceptors (Lipinski definition) is 8. The molecule has 0 aliphatic carbocycles. The van der Waals surface area contributed by atoms with Crippen molar-refractivity contribution in [3.8, 4) is 0 Å². The average molecular weight is 486 g/mol. The summed E-state index contributed by atoms with van der Waals surface area (Å²) in [7, 11) is -6.91. The van der Waals surface area contributed by atoms with E-state index in [1.54, 1.807) is 19.1 Å². The zero-order valence-electron chi connectivity index (χ0n) is 17.1. The number of amides is 1. The number of sulfone groups is 2. The number of aryl methyl sites for hydroxylation is 1. The summed E-state index contributed by atoms with van der Waals surface area (Å²) < 4.78 is 53.9. The number of esters is 1. The first-order valence-corrected chi connectivity index (χ1v) is 13.9. The van der Waals surface area contributed by atoms with Crippen LogP contribution in [0.1, 0.15) is 39.7 Å². The number of benzene rings is 1. The predicted octanol–water partition coefficient (Wildman–Crippen LogP) is 2.51. The third-order valence-corrected chi connectivity index (χ3v) is 9.43. The molecule has 1 aromatic heterocycles. The van der Waals surface area contributed by atoms with Crippen LogP contribution < -0.4 is 5.32 Å². The van der Waals surface area contributed by atoms with Crippen molar-refractivity contribution in [1.29, 1.82) is 0 Å². The van der Waals surface area contributed by atoms with E-state index in [-0.39, 0.29) is 46.4 Å². The largest absolute Gasteiger partial charge is 0.462 e. The average Bonchev–Trinajstić information content (AvgIpc) is 3.02. The van der Waals surface area contributed by atoms with E-state index >= 15 is 0 Å². The first-order chi connectivity index (χ1) is 14.5. The summed E-state index contributed by atoms with van der Waals surface area (Å²) in [6, 6.07) is 6.36. The fraction of sp³-hybridized carbons (Fsp3) is 0.400. The molecule has 1 amide bonds. The maximum atomic E-state index is 12.5. The topological polar surface area (TPSA) is 124 Å². The molecule has 0 bridgehead atoms. The molecule has 0 radical (unpaired) electrons. The lowest BCUT2D eigenvalue weighted by Gasteiger charge is -2.13. The van der Waals surface area contributed by atoms with E-state index < -0.39 is 37.3 Å². The molecule has 0 spiro atoms. The van der Waals surface area contributed by atoms with Gasteiger partial charge in [0.2, 0.25) is 5.91 Å². The van der Waals surface area contributed by atoms with E-state index in [2.05, 4.69) is 5.32 Å². The van der Waals surface area contributed by atoms with Gasteiger partial charge in [-0.15, -0.1) is 11.3 Å². The zero-order chi connectivity index (χ0) is 22.8. The number of carbonyl (C=O) groups excluding carboxylic acids is 2. The lowest BCUT2D eigenvalue weighted by molar-refractivity contribution is -0.115. The molecule has 2 aromatic rings. The molecule has 0 atom stereocenters. The van der Waals surface area contributed by atoms with Gasteiger partial charge in [0.15, 0.2) is 19.7 Å². The maximum Gasteiger partial charge on any atom is 0.341 e. The van der Waals surface area contributed by atoms with Crippen LogP contribution in [0.2, 0.25) is 0 Å². The fourth-order valence-corrected chi connectivity index (χ4v) is 7.50. The van der Waals surface area contributed by atoms with Gasteiger partial charge in [-0.05, 0) is 38.0 Å². The summed E-state index contributed by atoms with van der Waals surface area (Å²) in [6.07, 6.45) is -0.140. The van der Waals surface area contributed by atoms with E-state index in [1.165, 1.54) is 12.1 Å². The standard InChI is InChI=1S/C20H23NO7S3/c1-3-28-20(23)18-15-8-10-30(24,25)12-16(15)29-19(18)21-17(22)9-11-31(26,27)14-6-4-13(2)5-7-14/h4-7H,3,8-12H2,1-2H3,(H,21,22). The molecule has 11 heteroatoms. The zero-order valence-corrected chi connectivity index (χ0v) is 19.6. The molecule has 1 aliphatic rings. The molecule has 31 heavy (non-hydrogen) atoms. The van der Waals surface area contributed by atoms with Crippen LogP contribution in [0.5, 0.6) is 0 Å². The van der Waals surface area contributed by atoms with Crippen molar-refractivity contribution in [1.82, 2.24) is 0 Å². The smallest absolute Gasteiger partial charge is 0.341 e. The molecule has 3 rings (SSSR count). The molecule has 0 fully saturated rings. The van der Waals surface area contributed by atoms with Gasteiger partial charge in [-0.1, -0.05) is 17.7 Å². The highest BCUT2D eigenvalue weighted by Gasteiger charge is 2.32. The number of ether oxygens (including phenoxy) is 1. The SMILES string of the molecule is CCOC(=O)c1c(NC(=O)CCS(=O)(=O)c2ccc(C)cc2)sc2c1CCS(=O)(=O)C2. The van der Waals surface area contributed by atoms with E-state index in [0.29, 0.717) is 10.4 Å². The van der Waals surface area contributed by atoms with Crippen molar-refractivity contribution in [3.63, 3.8) is 0 Å². The highest BCUT2D eigenvalue weighted by Crippen LogP contribution is 2.38. The Kier molecular flexibility index (Phi) is 6.87. The molecular weight excluding hydrogens is 462 g/mol. The van der Waals surface area contributed by atoms with Crippen molar-refractivity contribution >= 4 is 47.9 Å². The predicted molar refractivity (Wildman–Crippen MR) is 118 cm³/mol. The van der Waals surface area contributed by atoms with Gasteiger partial charge < -0.3 is 10.1 Å². The molecule has 8 nitrogen and oxygen atoms in total. The third kappa shape index (κ3) is 5.52. The summed E-state index contributed by atoms with van der Waals surface area (Å²) in [4.78, 5) is 25.6. The van der Waals surface area contributed by atoms with Crippen LogP contribution in [-0.4, -0.2) is 46.8 Å². The molecule has 168 valence electrons. The van der Waals surface area contributed by atoms with Gasteiger partial charge in [-0.2, -0.15) is 0 Å². The van der Waals surface area contributed by atoms with Crippen LogP contribution in [0, 0.1) is 6.92 Å². The number of thiophene rings is 1. The Labute approximate surface area is 185 Å². The number of hydrogen-bond donors (Lipinski definition) is 1. The van der Waals surface area contributed by atoms with Crippen LogP contribution in [0.15, 0.2) is 29.2 Å². The van der Waals surface area contributed by atoms with E-state index in [9.17, 15) is 26.4 Å². The maximum absolute atomic E-state index is 12.5. The first kappa shape index (κ1) is 23.4. The summed E-state index contributed by atoms with van der Waals surface area (Å²) in [5.41, 5.74) is 1.65. The highest BCUT2D eigenvalue weighted by atomic mass is 32.2. The Morgan fingerprint density at radius 1 is 1.19 bits per heavy atom. The van der Waals surface area contributed by atoms with Crippen LogP contribution in [0.25, 0.3) is 0 Å². The van der Waals surface area contributed by atoms with Crippen molar-refractivity contribution < 1.29 is 31.2 Å². The van der Waals surface area contributed by atoms with Crippen molar-refractivity contribution in [2.45, 2.75) is 37.3 Å². The Hall–Kier alpha value is -2.24. The molecule has 1 aromatic carbocycles. The number of rotatable bonds is 7. The number of fused-ring (bicyclic) bond motifs is 1. The minimum Gasteiger partial charge on any atom is -0.462 e. The van der Waals surface area contributed by atoms with Gasteiger partial charge in [-0.3, -0.25) is 4.79 Å². The summed E-state index contributed by atoms with van der Waals surface area (Å²) >= 11 is 1.02. The monoisotopic (exact) mass is 485 g/mol. The van der Waals surface area contributed by atoms with E-state index in [4.69, 9.17) is 4.74 Å². The first-order valence-electron chi connectivity index (χ1n) is 9.64. The Morgan fingerprint density at radius 3 is 2.52 bits per heavy atom. The van der Waals surface area contributed by atoms with Gasteiger partial charge in [0.05, 0.1) is 34.3 Å². The lowest BCUT2D eigenvalue weighted by Crippen LogP contribution is -2.21. The van der Waals surface area contributed by atoms with Crippen molar-refractivity contribution in [3.05, 3.63) is 45.8 Å². The molecule has 1 aliphatic heterocycles. The van der Waals surface area contributed by atoms with Crippen LogP contribution in [0.3, 0.4) is 0 Å². The van der Waals surface area contributed by atoms with Crippen LogP contribution in [0.4, 0.5) is 5.00 Å². The normalized spacial score (nSPS) is 15.2. The quantitative estimate of drug-likeness (QED) is 0.598. The molecule has 0 unspecified atom stereocenters. The minimum absolute atomic E-state index is 0.0781. The van der Waals surface area contributed by atoms with Crippen molar-refractivity contribution in [2.75, 3.05) is 23.4 Å². The van der Waals surface area contributed by atoms with Crippen LogP contribution >= 0.6 is 11.3 Å². The number of anilines is 1. The summed E-state index contributed by atoms with van der Waals surface area (Å²) in [5.74, 6) is -1.89. The second-order valence-electron chi connectivity index (χ2n) is 7.20. The second-order valence-corrected chi connectivity index (χ2v) is 12.6. The molecule has 1 N–H and O–H groups in total. The molecule has 2 heterocycles. The molecule has 0 saturated heterocycles. The van der Waals surface area contributed by atoms with Gasteiger partial charge in [0.25, 0.3) is 0 Å². The van der Waals surface area contributed by atoms with Crippen LogP contribution in [-0.2, 0) is 41.4 Å². The van der Waals surface area contributed by atoms with Gasteiger partial charge in [0.1, 0.15) is 5.00 Å². The van der Waals surface area contributed by atoms with Gasteiger partial charge in [0, 0.05) is 11.3 Å². The second kappa shape index (κ2) is 9.09. The van der Waals surface area contributed by atoms with Gasteiger partial charge in [-0.25, -0.2) is 21.6 Å². The summed E-state index contributed by atoms with van der Waals surface area (Å²) in [6.45, 7) is 3.62. The molecular formula is C20H23NO7S3. The highest BCUT2D eigenvalue weighted by molar-refractivity contribution is 7.91. The summed E-state index contributed by atoms with van der Waals surface area (Å²) in [5, 5.41) is 2.78. The van der Waals surface area contributed by atoms with Gasteiger partial charge >= 0.3 is 5.97 Å².